The molecule has 0 fully saturated rings. The van der Waals surface area contributed by atoms with Crippen molar-refractivity contribution >= 4 is 18.0 Å². The number of hydrogen-bond acceptors (Lipinski definition) is 4. The van der Waals surface area contributed by atoms with Crippen molar-refractivity contribution in [3.05, 3.63) is 59.7 Å². The van der Waals surface area contributed by atoms with Crippen LogP contribution < -0.4 is 10.6 Å². The van der Waals surface area contributed by atoms with Gasteiger partial charge in [-0.2, -0.15) is 0 Å². The van der Waals surface area contributed by atoms with Crippen LogP contribution in [0.25, 0.3) is 11.1 Å². The van der Waals surface area contributed by atoms with Gasteiger partial charge in [-0.25, -0.2) is 9.59 Å². The second-order valence-corrected chi connectivity index (χ2v) is 7.78. The predicted octanol–water partition coefficient (Wildman–Crippen LogP) is 3.29. The zero-order valence-corrected chi connectivity index (χ0v) is 17.8. The van der Waals surface area contributed by atoms with Crippen molar-refractivity contribution in [2.24, 2.45) is 0 Å². The zero-order chi connectivity index (χ0) is 23.1. The lowest BCUT2D eigenvalue weighted by Crippen LogP contribution is -2.41. The van der Waals surface area contributed by atoms with Crippen molar-refractivity contribution in [1.29, 1.82) is 0 Å². The number of carboxylic acid groups (broad SMARTS) is 1. The predicted molar refractivity (Wildman–Crippen MR) is 120 cm³/mol. The lowest BCUT2D eigenvalue weighted by Gasteiger charge is -2.17. The third kappa shape index (κ3) is 5.46. The Kier molecular flexibility index (Phi) is 7.50. The van der Waals surface area contributed by atoms with E-state index in [1.54, 1.807) is 6.92 Å². The Labute approximate surface area is 187 Å². The molecule has 0 aliphatic heterocycles. The van der Waals surface area contributed by atoms with Gasteiger partial charge in [0.05, 0.1) is 0 Å². The fraction of sp³-hybridized carbons (Fsp3) is 0.320. The maximum Gasteiger partial charge on any atom is 0.407 e. The summed E-state index contributed by atoms with van der Waals surface area (Å²) in [5.74, 6) is 0.581. The summed E-state index contributed by atoms with van der Waals surface area (Å²) in [5.41, 5.74) is 4.57. The number of benzene rings is 2. The summed E-state index contributed by atoms with van der Waals surface area (Å²) in [6, 6.07) is 14.7. The van der Waals surface area contributed by atoms with Crippen LogP contribution in [0.4, 0.5) is 4.79 Å². The molecule has 0 bridgehead atoms. The largest absolute Gasteiger partial charge is 0.480 e. The number of terminal acetylenes is 1. The summed E-state index contributed by atoms with van der Waals surface area (Å²) in [4.78, 5) is 35.3. The van der Waals surface area contributed by atoms with E-state index in [9.17, 15) is 14.4 Å². The molecule has 2 aromatic rings. The third-order valence-electron chi connectivity index (χ3n) is 5.47. The van der Waals surface area contributed by atoms with E-state index in [-0.39, 0.29) is 31.4 Å². The summed E-state index contributed by atoms with van der Waals surface area (Å²) in [6.07, 6.45) is 4.86. The topological polar surface area (TPSA) is 105 Å². The maximum absolute atomic E-state index is 12.3. The second kappa shape index (κ2) is 10.5. The molecule has 0 spiro atoms. The Balaban J connectivity index is 1.48. The van der Waals surface area contributed by atoms with E-state index < -0.39 is 24.0 Å². The molecule has 1 aliphatic carbocycles. The number of carboxylic acids is 1. The monoisotopic (exact) mass is 434 g/mol. The fourth-order valence-corrected chi connectivity index (χ4v) is 3.85. The van der Waals surface area contributed by atoms with Crippen LogP contribution in [-0.2, 0) is 14.3 Å². The highest BCUT2D eigenvalue weighted by molar-refractivity contribution is 5.83. The molecule has 0 radical (unpaired) electrons. The normalized spacial score (nSPS) is 13.8. The number of rotatable bonds is 9. The summed E-state index contributed by atoms with van der Waals surface area (Å²) in [7, 11) is 0. The van der Waals surface area contributed by atoms with E-state index in [0.29, 0.717) is 6.42 Å². The summed E-state index contributed by atoms with van der Waals surface area (Å²) < 4.78 is 5.49. The highest BCUT2D eigenvalue weighted by Crippen LogP contribution is 2.44. The van der Waals surface area contributed by atoms with Gasteiger partial charge in [-0.05, 0) is 35.6 Å². The molecular weight excluding hydrogens is 408 g/mol. The van der Waals surface area contributed by atoms with Crippen molar-refractivity contribution in [3.8, 4) is 23.5 Å². The molecule has 7 heteroatoms. The van der Waals surface area contributed by atoms with Crippen LogP contribution in [0.3, 0.4) is 0 Å². The van der Waals surface area contributed by atoms with Gasteiger partial charge in [0, 0.05) is 24.8 Å². The maximum atomic E-state index is 12.3. The van der Waals surface area contributed by atoms with Gasteiger partial charge in [-0.3, -0.25) is 4.79 Å². The molecule has 2 atom stereocenters. The standard InChI is InChI=1S/C25H26N2O5/c1-3-8-22(24(29)30)27-23(28)14-13-16(2)26-25(31)32-15-21-19-11-6-4-9-17(19)18-10-5-7-12-20(18)21/h1,4-7,9-12,16,21-22H,8,13-15H2,2H3,(H,26,31)(H,27,28)(H,29,30). The van der Waals surface area contributed by atoms with E-state index in [2.05, 4.69) is 28.7 Å². The third-order valence-corrected chi connectivity index (χ3v) is 5.47. The van der Waals surface area contributed by atoms with Crippen LogP contribution in [0.15, 0.2) is 48.5 Å². The van der Waals surface area contributed by atoms with Crippen molar-refractivity contribution in [3.63, 3.8) is 0 Å². The molecule has 166 valence electrons. The Morgan fingerprint density at radius 2 is 1.66 bits per heavy atom. The van der Waals surface area contributed by atoms with Gasteiger partial charge >= 0.3 is 12.1 Å². The van der Waals surface area contributed by atoms with E-state index in [1.807, 2.05) is 36.4 Å². The first-order valence-electron chi connectivity index (χ1n) is 10.5. The fourth-order valence-electron chi connectivity index (χ4n) is 3.85. The zero-order valence-electron chi connectivity index (χ0n) is 17.8. The molecule has 2 unspecified atom stereocenters. The molecule has 1 aliphatic rings. The molecule has 3 rings (SSSR count). The smallest absolute Gasteiger partial charge is 0.407 e. The summed E-state index contributed by atoms with van der Waals surface area (Å²) in [6.45, 7) is 1.96. The minimum atomic E-state index is -1.18. The van der Waals surface area contributed by atoms with Gasteiger partial charge in [0.1, 0.15) is 12.6 Å². The van der Waals surface area contributed by atoms with Gasteiger partial charge in [-0.15, -0.1) is 12.3 Å². The van der Waals surface area contributed by atoms with Crippen molar-refractivity contribution in [1.82, 2.24) is 10.6 Å². The quantitative estimate of drug-likeness (QED) is 0.526. The molecule has 2 aromatic carbocycles. The summed E-state index contributed by atoms with van der Waals surface area (Å²) in [5, 5.41) is 14.1. The van der Waals surface area contributed by atoms with Crippen molar-refractivity contribution in [2.45, 2.75) is 44.2 Å². The Hall–Kier alpha value is -3.79. The van der Waals surface area contributed by atoms with Crippen LogP contribution >= 0.6 is 0 Å². The van der Waals surface area contributed by atoms with Crippen molar-refractivity contribution in [2.75, 3.05) is 6.61 Å². The SMILES string of the molecule is C#CCC(NC(=O)CCC(C)NC(=O)OCC1c2ccccc2-c2ccccc21)C(=O)O. The van der Waals surface area contributed by atoms with E-state index in [4.69, 9.17) is 16.3 Å². The Morgan fingerprint density at radius 1 is 1.06 bits per heavy atom. The van der Waals surface area contributed by atoms with E-state index in [0.717, 1.165) is 22.3 Å². The molecule has 0 aromatic heterocycles. The molecule has 32 heavy (non-hydrogen) atoms. The van der Waals surface area contributed by atoms with Gasteiger partial charge in [0.2, 0.25) is 5.91 Å². The van der Waals surface area contributed by atoms with Gasteiger partial charge < -0.3 is 20.5 Å². The van der Waals surface area contributed by atoms with Crippen LogP contribution in [0, 0.1) is 12.3 Å². The molecule has 7 nitrogen and oxygen atoms in total. The average Bonchev–Trinajstić information content (AvgIpc) is 3.10. The number of amides is 2. The van der Waals surface area contributed by atoms with Crippen molar-refractivity contribution < 1.29 is 24.2 Å². The van der Waals surface area contributed by atoms with Gasteiger partial charge in [-0.1, -0.05) is 48.5 Å². The van der Waals surface area contributed by atoms with E-state index >= 15 is 0 Å². The van der Waals surface area contributed by atoms with Crippen LogP contribution in [-0.4, -0.2) is 41.8 Å². The minimum Gasteiger partial charge on any atom is -0.480 e. The number of fused-ring (bicyclic) bond motifs is 3. The second-order valence-electron chi connectivity index (χ2n) is 7.78. The molecule has 3 N–H and O–H groups in total. The minimum absolute atomic E-state index is 0.0293. The Morgan fingerprint density at radius 3 is 2.22 bits per heavy atom. The first-order valence-corrected chi connectivity index (χ1v) is 10.5. The number of carbonyl (C=O) groups is 3. The number of carbonyl (C=O) groups excluding carboxylic acids is 2. The number of alkyl carbamates (subject to hydrolysis) is 1. The van der Waals surface area contributed by atoms with Crippen LogP contribution in [0.5, 0.6) is 0 Å². The van der Waals surface area contributed by atoms with Crippen LogP contribution in [0.2, 0.25) is 0 Å². The highest BCUT2D eigenvalue weighted by atomic mass is 16.5. The molecule has 0 saturated carbocycles. The first kappa shape index (κ1) is 22.9. The molecule has 2 amide bonds. The summed E-state index contributed by atoms with van der Waals surface area (Å²) >= 11 is 0. The van der Waals surface area contributed by atoms with Gasteiger partial charge in [0.15, 0.2) is 0 Å². The average molecular weight is 434 g/mol. The molecular formula is C25H26N2O5. The number of aliphatic carboxylic acids is 1. The lowest BCUT2D eigenvalue weighted by atomic mass is 9.98. The van der Waals surface area contributed by atoms with Gasteiger partial charge in [0.25, 0.3) is 0 Å². The molecule has 0 saturated heterocycles. The van der Waals surface area contributed by atoms with Crippen LogP contribution in [0.1, 0.15) is 43.2 Å². The number of nitrogens with one attached hydrogen (secondary N) is 2. The Bertz CT molecular complexity index is 997. The highest BCUT2D eigenvalue weighted by Gasteiger charge is 2.29. The van der Waals surface area contributed by atoms with E-state index in [1.165, 1.54) is 0 Å². The first-order chi connectivity index (χ1) is 15.4. The lowest BCUT2D eigenvalue weighted by molar-refractivity contribution is -0.141. The number of ether oxygens (including phenoxy) is 1. The number of hydrogen-bond donors (Lipinski definition) is 3. The molecule has 0 heterocycles.